The third-order valence-electron chi connectivity index (χ3n) is 4.98. The molecule has 3 rings (SSSR count). The first-order valence-electron chi connectivity index (χ1n) is 9.17. The number of aromatic nitrogens is 2. The van der Waals surface area contributed by atoms with Crippen LogP contribution in [0.1, 0.15) is 43.6 Å². The molecule has 0 N–H and O–H groups in total. The summed E-state index contributed by atoms with van der Waals surface area (Å²) in [7, 11) is 4.96. The average molecular weight is 373 g/mol. The molecule has 1 aromatic heterocycles. The van der Waals surface area contributed by atoms with Gasteiger partial charge in [0, 0.05) is 31.6 Å². The Morgan fingerprint density at radius 1 is 1.15 bits per heavy atom. The van der Waals surface area contributed by atoms with Crippen molar-refractivity contribution in [2.75, 3.05) is 34.4 Å². The van der Waals surface area contributed by atoms with Crippen LogP contribution >= 0.6 is 0 Å². The maximum absolute atomic E-state index is 5.59. The Balaban J connectivity index is 1.82. The first-order chi connectivity index (χ1) is 13.1. The maximum atomic E-state index is 5.59. The van der Waals surface area contributed by atoms with Gasteiger partial charge < -0.3 is 18.7 Å². The van der Waals surface area contributed by atoms with E-state index < -0.39 is 0 Å². The second-order valence-corrected chi connectivity index (χ2v) is 6.46. The first kappa shape index (κ1) is 19.2. The Morgan fingerprint density at radius 3 is 2.33 bits per heavy atom. The molecule has 0 radical (unpaired) electrons. The predicted molar refractivity (Wildman–Crippen MR) is 102 cm³/mol. The van der Waals surface area contributed by atoms with Crippen LogP contribution in [0.5, 0.6) is 17.2 Å². The van der Waals surface area contributed by atoms with E-state index in [0.717, 1.165) is 48.8 Å². The lowest BCUT2D eigenvalue weighted by Crippen LogP contribution is -2.31. The summed E-state index contributed by atoms with van der Waals surface area (Å²) in [5.41, 5.74) is 2.19. The van der Waals surface area contributed by atoms with Crippen LogP contribution < -0.4 is 14.2 Å². The van der Waals surface area contributed by atoms with Crippen LogP contribution in [0.4, 0.5) is 0 Å². The number of benzene rings is 1. The minimum Gasteiger partial charge on any atom is -0.496 e. The molecule has 1 atom stereocenters. The van der Waals surface area contributed by atoms with Crippen LogP contribution in [0.25, 0.3) is 5.57 Å². The van der Waals surface area contributed by atoms with Gasteiger partial charge in [0.25, 0.3) is 0 Å². The zero-order chi connectivity index (χ0) is 19.4. The lowest BCUT2D eigenvalue weighted by molar-refractivity contribution is 0.189. The molecular weight excluding hydrogens is 346 g/mol. The minimum absolute atomic E-state index is 0.0789. The van der Waals surface area contributed by atoms with Crippen molar-refractivity contribution in [1.29, 1.82) is 0 Å². The van der Waals surface area contributed by atoms with Gasteiger partial charge in [-0.15, -0.1) is 0 Å². The minimum atomic E-state index is 0.0789. The number of hydrogen-bond acceptors (Lipinski definition) is 7. The Labute approximate surface area is 159 Å². The molecule has 2 aromatic rings. The summed E-state index contributed by atoms with van der Waals surface area (Å²) in [5, 5.41) is 4.00. The van der Waals surface area contributed by atoms with Crippen molar-refractivity contribution in [3.05, 3.63) is 35.5 Å². The molecule has 0 bridgehead atoms. The Kier molecular flexibility index (Phi) is 6.01. The molecule has 0 amide bonds. The van der Waals surface area contributed by atoms with Crippen LogP contribution in [0, 0.1) is 0 Å². The molecule has 0 aliphatic carbocycles. The van der Waals surface area contributed by atoms with E-state index in [1.807, 2.05) is 19.1 Å². The van der Waals surface area contributed by atoms with Gasteiger partial charge in [0.1, 0.15) is 17.2 Å². The highest BCUT2D eigenvalue weighted by Crippen LogP contribution is 2.41. The predicted octanol–water partition coefficient (Wildman–Crippen LogP) is 3.51. The Bertz CT molecular complexity index is 790. The van der Waals surface area contributed by atoms with Crippen LogP contribution in [0.15, 0.2) is 22.7 Å². The van der Waals surface area contributed by atoms with E-state index in [9.17, 15) is 0 Å². The topological polar surface area (TPSA) is 69.9 Å². The van der Waals surface area contributed by atoms with Crippen molar-refractivity contribution >= 4 is 5.57 Å². The summed E-state index contributed by atoms with van der Waals surface area (Å²) >= 11 is 0. The highest BCUT2D eigenvalue weighted by Gasteiger charge is 2.26. The van der Waals surface area contributed by atoms with E-state index in [1.165, 1.54) is 5.57 Å². The normalized spacial score (nSPS) is 16.0. The molecule has 146 valence electrons. The zero-order valence-electron chi connectivity index (χ0n) is 16.6. The smallest absolute Gasteiger partial charge is 0.243 e. The van der Waals surface area contributed by atoms with E-state index in [4.69, 9.17) is 18.7 Å². The number of methoxy groups -OCH3 is 3. The molecule has 1 unspecified atom stereocenters. The van der Waals surface area contributed by atoms with E-state index in [0.29, 0.717) is 11.6 Å². The fourth-order valence-electron chi connectivity index (χ4n) is 3.32. The van der Waals surface area contributed by atoms with Gasteiger partial charge >= 0.3 is 0 Å². The SMILES string of the molecule is CCc1noc(C(C)N2CC=C(c3c(OC)cc(OC)cc3OC)CC2)n1. The van der Waals surface area contributed by atoms with Gasteiger partial charge in [0.2, 0.25) is 5.89 Å². The number of aryl methyl sites for hydroxylation is 1. The molecule has 0 fully saturated rings. The average Bonchev–Trinajstić information content (AvgIpc) is 3.21. The molecule has 27 heavy (non-hydrogen) atoms. The van der Waals surface area contributed by atoms with Crippen molar-refractivity contribution in [3.8, 4) is 17.2 Å². The zero-order valence-corrected chi connectivity index (χ0v) is 16.6. The van der Waals surface area contributed by atoms with Gasteiger partial charge in [-0.3, -0.25) is 4.90 Å². The van der Waals surface area contributed by atoms with E-state index >= 15 is 0 Å². The van der Waals surface area contributed by atoms with Gasteiger partial charge in [-0.05, 0) is 18.9 Å². The molecule has 2 heterocycles. The summed E-state index contributed by atoms with van der Waals surface area (Å²) in [6.07, 6.45) is 3.86. The fourth-order valence-corrected chi connectivity index (χ4v) is 3.32. The molecule has 1 aliphatic rings. The van der Waals surface area contributed by atoms with Gasteiger partial charge in [-0.1, -0.05) is 18.2 Å². The van der Waals surface area contributed by atoms with E-state index in [2.05, 4.69) is 28.0 Å². The summed E-state index contributed by atoms with van der Waals surface area (Å²) in [4.78, 5) is 6.78. The van der Waals surface area contributed by atoms with Crippen molar-refractivity contribution in [3.63, 3.8) is 0 Å². The van der Waals surface area contributed by atoms with E-state index in [-0.39, 0.29) is 6.04 Å². The van der Waals surface area contributed by atoms with Crippen molar-refractivity contribution in [2.45, 2.75) is 32.7 Å². The fraction of sp³-hybridized carbons (Fsp3) is 0.500. The standard InChI is InChI=1S/C20H27N3O4/c1-6-18-21-20(27-22-18)13(2)23-9-7-14(8-10-23)19-16(25-4)11-15(24-3)12-17(19)26-5/h7,11-13H,6,8-10H2,1-5H3. The van der Waals surface area contributed by atoms with Crippen molar-refractivity contribution < 1.29 is 18.7 Å². The lowest BCUT2D eigenvalue weighted by Gasteiger charge is -2.30. The highest BCUT2D eigenvalue weighted by atomic mass is 16.5. The van der Waals surface area contributed by atoms with Gasteiger partial charge in [-0.2, -0.15) is 4.98 Å². The quantitative estimate of drug-likeness (QED) is 0.735. The van der Waals surface area contributed by atoms with Crippen molar-refractivity contribution in [2.24, 2.45) is 0 Å². The molecule has 7 heteroatoms. The third kappa shape index (κ3) is 3.93. The van der Waals surface area contributed by atoms with Crippen LogP contribution in [-0.2, 0) is 6.42 Å². The number of hydrogen-bond donors (Lipinski definition) is 0. The Morgan fingerprint density at radius 2 is 1.85 bits per heavy atom. The van der Waals surface area contributed by atoms with Crippen molar-refractivity contribution in [1.82, 2.24) is 15.0 Å². The summed E-state index contributed by atoms with van der Waals surface area (Å²) in [6, 6.07) is 3.85. The molecular formula is C20H27N3O4. The van der Waals surface area contributed by atoms with Crippen LogP contribution in [0.3, 0.4) is 0 Å². The second kappa shape index (κ2) is 8.43. The van der Waals surface area contributed by atoms with Gasteiger partial charge in [0.15, 0.2) is 5.82 Å². The molecule has 1 aromatic carbocycles. The van der Waals surface area contributed by atoms with Gasteiger partial charge in [-0.25, -0.2) is 0 Å². The first-order valence-corrected chi connectivity index (χ1v) is 9.17. The Hall–Kier alpha value is -2.54. The number of rotatable bonds is 7. The highest BCUT2D eigenvalue weighted by molar-refractivity contribution is 5.77. The maximum Gasteiger partial charge on any atom is 0.243 e. The summed E-state index contributed by atoms with van der Waals surface area (Å²) in [5.74, 6) is 3.63. The second-order valence-electron chi connectivity index (χ2n) is 6.46. The van der Waals surface area contributed by atoms with Crippen LogP contribution in [0.2, 0.25) is 0 Å². The van der Waals surface area contributed by atoms with Crippen LogP contribution in [-0.4, -0.2) is 49.5 Å². The largest absolute Gasteiger partial charge is 0.496 e. The summed E-state index contributed by atoms with van der Waals surface area (Å²) in [6.45, 7) is 5.79. The monoisotopic (exact) mass is 373 g/mol. The lowest BCUT2D eigenvalue weighted by atomic mass is 9.96. The molecule has 0 spiro atoms. The van der Waals surface area contributed by atoms with E-state index in [1.54, 1.807) is 21.3 Å². The summed E-state index contributed by atoms with van der Waals surface area (Å²) < 4.78 is 21.9. The molecule has 7 nitrogen and oxygen atoms in total. The number of nitrogens with zero attached hydrogens (tertiary/aromatic N) is 3. The molecule has 1 aliphatic heterocycles. The molecule has 0 saturated carbocycles. The number of ether oxygens (including phenoxy) is 3. The third-order valence-corrected chi connectivity index (χ3v) is 4.98. The van der Waals surface area contributed by atoms with Gasteiger partial charge in [0.05, 0.1) is 32.9 Å². The molecule has 0 saturated heterocycles.